The van der Waals surface area contributed by atoms with Crippen molar-refractivity contribution >= 4 is 5.97 Å². The van der Waals surface area contributed by atoms with E-state index >= 15 is 0 Å². The quantitative estimate of drug-likeness (QED) is 0.442. The number of aliphatic carboxylic acids is 1. The Kier molecular flexibility index (Phi) is 61.1. The second kappa shape index (κ2) is 36.0. The van der Waals surface area contributed by atoms with E-state index in [1.807, 2.05) is 40.5 Å². The average Bonchev–Trinajstić information content (AvgIpc) is 2.22. The molecule has 5 heteroatoms. The molecule has 0 bridgehead atoms. The molecule has 4 nitrogen and oxygen atoms in total. The van der Waals surface area contributed by atoms with Gasteiger partial charge in [-0.1, -0.05) is 6.58 Å². The molecule has 0 aromatic heterocycles. The number of aliphatic hydroxyl groups is 1. The zero-order valence-electron chi connectivity index (χ0n) is 12.7. The van der Waals surface area contributed by atoms with Crippen LogP contribution in [0, 0.1) is 12.8 Å². The number of carbonyl (C=O) groups is 1. The number of rotatable bonds is 1. The van der Waals surface area contributed by atoms with Crippen LogP contribution in [0.3, 0.4) is 0 Å². The Balaban J connectivity index is -0.0000000416. The molecule has 0 rings (SSSR count). The van der Waals surface area contributed by atoms with Gasteiger partial charge in [-0.2, -0.15) is 27.7 Å². The molecular formula is C13H28O4Ti. The van der Waals surface area contributed by atoms with E-state index in [0.717, 1.165) is 20.4 Å². The summed E-state index contributed by atoms with van der Waals surface area (Å²) in [6.45, 7) is 16.0. The van der Waals surface area contributed by atoms with Gasteiger partial charge in [-0.05, 0) is 20.8 Å². The van der Waals surface area contributed by atoms with E-state index in [-0.39, 0.29) is 11.7 Å². The van der Waals surface area contributed by atoms with E-state index in [2.05, 4.69) is 6.58 Å². The molecule has 0 unspecified atom stereocenters. The van der Waals surface area contributed by atoms with Crippen molar-refractivity contribution in [3.8, 4) is 0 Å². The zero-order chi connectivity index (χ0) is 16.1. The van der Waals surface area contributed by atoms with Crippen molar-refractivity contribution in [2.75, 3.05) is 0 Å². The van der Waals surface area contributed by atoms with Gasteiger partial charge in [0.1, 0.15) is 0 Å². The standard InChI is InChI=1S/C4H6O2.C3H8O.2C3H7.O.Ti/c1-3(2)4(5)6;1-3(2)4;2*1-3-2;;/h1H2,2H3,(H,5,6);3-4H,1-2H3;2*3H,1-2H3;;/q;;2*-1;;+2. The van der Waals surface area contributed by atoms with Gasteiger partial charge in [0.05, 0.1) is 0 Å². The third kappa shape index (κ3) is 249. The fourth-order valence-corrected chi connectivity index (χ4v) is 0. The van der Waals surface area contributed by atoms with E-state index < -0.39 is 5.97 Å². The van der Waals surface area contributed by atoms with E-state index in [0.29, 0.717) is 0 Å². The molecule has 0 aliphatic rings. The van der Waals surface area contributed by atoms with Gasteiger partial charge >= 0.3 is 29.7 Å². The van der Waals surface area contributed by atoms with Crippen molar-refractivity contribution in [3.05, 3.63) is 25.0 Å². The summed E-state index contributed by atoms with van der Waals surface area (Å²) in [5.41, 5.74) is 0.176. The van der Waals surface area contributed by atoms with Gasteiger partial charge in [-0.3, -0.25) is 0 Å². The Hall–Kier alpha value is -0.316. The van der Waals surface area contributed by atoms with Crippen molar-refractivity contribution in [1.29, 1.82) is 0 Å². The maximum absolute atomic E-state index is 9.60. The first kappa shape index (κ1) is 30.6. The monoisotopic (exact) mass is 296 g/mol. The van der Waals surface area contributed by atoms with Crippen LogP contribution >= 0.6 is 0 Å². The summed E-state index contributed by atoms with van der Waals surface area (Å²) < 4.78 is 8.25. The fourth-order valence-electron chi connectivity index (χ4n) is 0. The third-order valence-electron chi connectivity index (χ3n) is 0.365. The molecule has 0 saturated carbocycles. The summed E-state index contributed by atoms with van der Waals surface area (Å²) in [6, 6.07) is 0. The van der Waals surface area contributed by atoms with Crippen LogP contribution in [0.25, 0.3) is 0 Å². The first-order chi connectivity index (χ1) is 8.20. The SMILES string of the molecule is C=C(C)C(=O)O.CC(C)O.C[CH-]C.C[CH-]C.[O]=[Ti+2]. The minimum absolute atomic E-state index is 0.167. The fraction of sp³-hybridized carbons (Fsp3) is 0.615. The Morgan fingerprint density at radius 2 is 1.17 bits per heavy atom. The van der Waals surface area contributed by atoms with Crippen LogP contribution in [0.5, 0.6) is 0 Å². The molecule has 2 N–H and O–H groups in total. The van der Waals surface area contributed by atoms with E-state index in [4.69, 9.17) is 13.5 Å². The molecule has 18 heavy (non-hydrogen) atoms. The second-order valence-corrected chi connectivity index (χ2v) is 3.33. The minimum atomic E-state index is -0.935. The number of hydrogen-bond donors (Lipinski definition) is 2. The maximum atomic E-state index is 9.60. The third-order valence-corrected chi connectivity index (χ3v) is 0.365. The summed E-state index contributed by atoms with van der Waals surface area (Å²) in [7, 11) is 0. The van der Waals surface area contributed by atoms with Crippen molar-refractivity contribution in [2.45, 2.75) is 54.6 Å². The van der Waals surface area contributed by atoms with Gasteiger partial charge in [0.2, 0.25) is 0 Å². The van der Waals surface area contributed by atoms with Crippen LogP contribution in [-0.2, 0) is 28.5 Å². The first-order valence-corrected chi connectivity index (χ1v) is 6.10. The average molecular weight is 296 g/mol. The zero-order valence-corrected chi connectivity index (χ0v) is 14.2. The van der Waals surface area contributed by atoms with Crippen molar-refractivity contribution in [3.63, 3.8) is 0 Å². The Labute approximate surface area is 124 Å². The van der Waals surface area contributed by atoms with E-state index in [9.17, 15) is 4.79 Å². The molecule has 0 aliphatic heterocycles. The number of aliphatic hydroxyl groups excluding tert-OH is 1. The summed E-state index contributed by atoms with van der Waals surface area (Å²) in [6.07, 6.45) is 3.83. The van der Waals surface area contributed by atoms with E-state index in [1.165, 1.54) is 6.92 Å². The molecule has 0 aromatic carbocycles. The number of carboxylic acid groups (broad SMARTS) is 1. The second-order valence-electron chi connectivity index (χ2n) is 3.33. The summed E-state index contributed by atoms with van der Waals surface area (Å²) in [5.74, 6) is -0.935. The van der Waals surface area contributed by atoms with Crippen molar-refractivity contribution in [2.24, 2.45) is 0 Å². The van der Waals surface area contributed by atoms with Crippen LogP contribution in [-0.4, -0.2) is 22.3 Å². The molecule has 0 fully saturated rings. The van der Waals surface area contributed by atoms with Gasteiger partial charge < -0.3 is 23.1 Å². The summed E-state index contributed by atoms with van der Waals surface area (Å²) in [5, 5.41) is 15.9. The molecular weight excluding hydrogens is 268 g/mol. The molecule has 0 aliphatic carbocycles. The van der Waals surface area contributed by atoms with Crippen LogP contribution in [0.4, 0.5) is 0 Å². The van der Waals surface area contributed by atoms with Gasteiger partial charge in [-0.15, -0.1) is 0 Å². The predicted octanol–water partition coefficient (Wildman–Crippen LogP) is 3.37. The molecule has 0 heterocycles. The molecule has 0 radical (unpaired) electrons. The van der Waals surface area contributed by atoms with E-state index in [1.54, 1.807) is 13.8 Å². The molecule has 0 amide bonds. The van der Waals surface area contributed by atoms with Gasteiger partial charge in [0, 0.05) is 11.7 Å². The summed E-state index contributed by atoms with van der Waals surface area (Å²) in [4.78, 5) is 9.60. The van der Waals surface area contributed by atoms with Gasteiger partial charge in [0.25, 0.3) is 0 Å². The van der Waals surface area contributed by atoms with Crippen LogP contribution in [0.2, 0.25) is 0 Å². The van der Waals surface area contributed by atoms with Crippen molar-refractivity contribution < 1.29 is 38.7 Å². The van der Waals surface area contributed by atoms with Crippen LogP contribution in [0.15, 0.2) is 12.2 Å². The van der Waals surface area contributed by atoms with Crippen molar-refractivity contribution in [1.82, 2.24) is 0 Å². The molecule has 0 atom stereocenters. The Morgan fingerprint density at radius 3 is 1.17 bits per heavy atom. The van der Waals surface area contributed by atoms with Crippen LogP contribution in [0.1, 0.15) is 48.5 Å². The normalized spacial score (nSPS) is 6.83. The predicted molar refractivity (Wildman–Crippen MR) is 71.8 cm³/mol. The number of carboxylic acids is 1. The van der Waals surface area contributed by atoms with Gasteiger partial charge in [-0.25, -0.2) is 4.79 Å². The van der Waals surface area contributed by atoms with Crippen LogP contribution < -0.4 is 0 Å². The molecule has 108 valence electrons. The molecule has 0 aromatic rings. The van der Waals surface area contributed by atoms with Gasteiger partial charge in [0.15, 0.2) is 0 Å². The topological polar surface area (TPSA) is 74.6 Å². The summed E-state index contributed by atoms with van der Waals surface area (Å²) >= 11 is 0.750. The first-order valence-electron chi connectivity index (χ1n) is 5.46. The number of hydrogen-bond acceptors (Lipinski definition) is 3. The Morgan fingerprint density at radius 1 is 1.11 bits per heavy atom. The molecule has 0 spiro atoms. The molecule has 0 saturated heterocycles. The Bertz CT molecular complexity index is 142.